The Morgan fingerprint density at radius 3 is 1.83 bits per heavy atom. The molecule has 5 aromatic rings. The second-order valence-electron chi connectivity index (χ2n) is 12.8. The van der Waals surface area contributed by atoms with Crippen molar-refractivity contribution >= 4 is 28.9 Å². The van der Waals surface area contributed by atoms with Gasteiger partial charge in [-0.1, -0.05) is 87.4 Å². The smallest absolute Gasteiger partial charge is 0.190 e. The minimum absolute atomic E-state index is 0.0868. The summed E-state index contributed by atoms with van der Waals surface area (Å²) in [6.07, 6.45) is 1.96. The van der Waals surface area contributed by atoms with E-state index >= 15 is 0 Å². The van der Waals surface area contributed by atoms with Crippen LogP contribution < -0.4 is 4.90 Å². The molecule has 0 saturated carbocycles. The summed E-state index contributed by atoms with van der Waals surface area (Å²) in [6.45, 7) is 13.0. The molecule has 208 valence electrons. The fourth-order valence-electron chi connectivity index (χ4n) is 6.70. The van der Waals surface area contributed by atoms with Gasteiger partial charge in [0.1, 0.15) is 11.5 Å². The summed E-state index contributed by atoms with van der Waals surface area (Å²) in [5.41, 5.74) is 11.3. The van der Waals surface area contributed by atoms with Gasteiger partial charge < -0.3 is 9.32 Å². The summed E-state index contributed by atoms with van der Waals surface area (Å²) >= 11 is 0. The van der Waals surface area contributed by atoms with E-state index in [1.165, 1.54) is 16.7 Å². The number of fused-ring (bicyclic) bond motifs is 4. The molecule has 0 radical (unpaired) electrons. The van der Waals surface area contributed by atoms with Gasteiger partial charge in [-0.2, -0.15) is 0 Å². The Morgan fingerprint density at radius 1 is 0.619 bits per heavy atom. The van der Waals surface area contributed by atoms with Crippen LogP contribution in [-0.4, -0.2) is 5.78 Å². The fourth-order valence-corrected chi connectivity index (χ4v) is 6.70. The molecule has 0 atom stereocenters. The molecule has 7 rings (SSSR count). The summed E-state index contributed by atoms with van der Waals surface area (Å²) in [4.78, 5) is 15.7. The minimum Gasteiger partial charge on any atom is -0.456 e. The number of nitrogens with zero attached hydrogens (tertiary/aromatic N) is 1. The lowest BCUT2D eigenvalue weighted by molar-refractivity contribution is 0.103. The number of carbonyl (C=O) groups excluding carboxylic acids is 1. The number of anilines is 3. The number of rotatable bonds is 4. The number of benzene rings is 4. The van der Waals surface area contributed by atoms with Gasteiger partial charge in [0.05, 0.1) is 0 Å². The lowest BCUT2D eigenvalue weighted by Crippen LogP contribution is -2.17. The molecule has 0 N–H and O–H groups in total. The summed E-state index contributed by atoms with van der Waals surface area (Å²) in [5, 5.41) is 0. The molecule has 0 amide bonds. The molecule has 2 aliphatic carbocycles. The largest absolute Gasteiger partial charge is 0.456 e. The predicted octanol–water partition coefficient (Wildman–Crippen LogP) is 10.2. The molecule has 42 heavy (non-hydrogen) atoms. The van der Waals surface area contributed by atoms with E-state index in [0.29, 0.717) is 0 Å². The minimum atomic E-state index is -0.372. The Labute approximate surface area is 248 Å². The lowest BCUT2D eigenvalue weighted by Gasteiger charge is -2.28. The second-order valence-corrected chi connectivity index (χ2v) is 12.8. The molecule has 0 spiro atoms. The summed E-state index contributed by atoms with van der Waals surface area (Å²) < 4.78 is 6.54. The van der Waals surface area contributed by atoms with E-state index in [4.69, 9.17) is 4.42 Å². The van der Waals surface area contributed by atoms with Crippen molar-refractivity contribution < 1.29 is 9.21 Å². The van der Waals surface area contributed by atoms with Crippen LogP contribution in [0.1, 0.15) is 71.6 Å². The number of ketones is 1. The van der Waals surface area contributed by atoms with Crippen LogP contribution in [0, 0.1) is 13.8 Å². The summed E-state index contributed by atoms with van der Waals surface area (Å²) in [5.74, 6) is 1.71. The van der Waals surface area contributed by atoms with E-state index in [1.54, 1.807) is 0 Å². The Hall–Kier alpha value is -4.63. The third kappa shape index (κ3) is 3.91. The zero-order valence-corrected chi connectivity index (χ0v) is 25.1. The Morgan fingerprint density at radius 2 is 1.21 bits per heavy atom. The molecule has 3 nitrogen and oxygen atoms in total. The average Bonchev–Trinajstić information content (AvgIpc) is 3.55. The van der Waals surface area contributed by atoms with Gasteiger partial charge in [0.25, 0.3) is 0 Å². The first-order valence-electron chi connectivity index (χ1n) is 14.6. The van der Waals surface area contributed by atoms with Gasteiger partial charge in [-0.15, -0.1) is 0 Å². The van der Waals surface area contributed by atoms with Crippen molar-refractivity contribution in [3.8, 4) is 11.3 Å². The van der Waals surface area contributed by atoms with Crippen molar-refractivity contribution in [2.75, 3.05) is 4.90 Å². The van der Waals surface area contributed by atoms with Gasteiger partial charge in [-0.05, 0) is 79.6 Å². The van der Waals surface area contributed by atoms with Crippen LogP contribution in [0.3, 0.4) is 0 Å². The van der Waals surface area contributed by atoms with Crippen LogP contribution in [0.5, 0.6) is 0 Å². The quantitative estimate of drug-likeness (QED) is 0.209. The van der Waals surface area contributed by atoms with Crippen LogP contribution in [0.2, 0.25) is 0 Å². The first kappa shape index (κ1) is 26.3. The molecule has 2 aliphatic rings. The highest BCUT2D eigenvalue weighted by Gasteiger charge is 2.42. The van der Waals surface area contributed by atoms with Crippen molar-refractivity contribution in [1.82, 2.24) is 0 Å². The van der Waals surface area contributed by atoms with E-state index < -0.39 is 0 Å². The van der Waals surface area contributed by atoms with Crippen LogP contribution in [0.15, 0.2) is 107 Å². The van der Waals surface area contributed by atoms with Crippen molar-refractivity contribution in [3.63, 3.8) is 0 Å². The Bertz CT molecular complexity index is 1850. The molecule has 3 heteroatoms. The molecular formula is C39H35NO2. The zero-order valence-electron chi connectivity index (χ0n) is 25.1. The monoisotopic (exact) mass is 549 g/mol. The highest BCUT2D eigenvalue weighted by Crippen LogP contribution is 2.52. The van der Waals surface area contributed by atoms with E-state index in [-0.39, 0.29) is 16.6 Å². The molecule has 0 saturated heterocycles. The third-order valence-corrected chi connectivity index (χ3v) is 9.24. The molecule has 0 fully saturated rings. The van der Waals surface area contributed by atoms with Crippen LogP contribution in [0.4, 0.5) is 17.1 Å². The molecule has 1 heterocycles. The molecule has 0 unspecified atom stereocenters. The molecule has 0 bridgehead atoms. The van der Waals surface area contributed by atoms with Gasteiger partial charge in [-0.3, -0.25) is 4.79 Å². The van der Waals surface area contributed by atoms with E-state index in [9.17, 15) is 4.79 Å². The molecule has 4 aromatic carbocycles. The maximum absolute atomic E-state index is 13.4. The van der Waals surface area contributed by atoms with Gasteiger partial charge in [0, 0.05) is 50.2 Å². The number of carbonyl (C=O) groups is 1. The van der Waals surface area contributed by atoms with Crippen molar-refractivity contribution in [2.24, 2.45) is 0 Å². The summed E-state index contributed by atoms with van der Waals surface area (Å²) in [7, 11) is 0. The maximum Gasteiger partial charge on any atom is 0.190 e. The number of hydrogen-bond acceptors (Lipinski definition) is 3. The molecule has 0 aliphatic heterocycles. The zero-order chi connectivity index (χ0) is 29.4. The maximum atomic E-state index is 13.4. The van der Waals surface area contributed by atoms with Crippen molar-refractivity contribution in [3.05, 3.63) is 142 Å². The SMILES string of the molecule is Cc1ccc(N(c2ccc(C)cc2)c2ccc3c(c2)C(C)(C)c2cc(/C=C4\C(=O)c5ccccc5C4(C)C)oc2-3)cc1. The Balaban J connectivity index is 1.30. The van der Waals surface area contributed by atoms with Gasteiger partial charge >= 0.3 is 0 Å². The van der Waals surface area contributed by atoms with E-state index in [1.807, 2.05) is 24.3 Å². The second kappa shape index (κ2) is 9.19. The van der Waals surface area contributed by atoms with Gasteiger partial charge in [0.15, 0.2) is 5.78 Å². The number of hydrogen-bond donors (Lipinski definition) is 0. The normalized spacial score (nSPS) is 16.8. The first-order valence-corrected chi connectivity index (χ1v) is 14.6. The lowest BCUT2D eigenvalue weighted by atomic mass is 9.81. The van der Waals surface area contributed by atoms with Crippen LogP contribution >= 0.6 is 0 Å². The van der Waals surface area contributed by atoms with Crippen molar-refractivity contribution in [2.45, 2.75) is 52.4 Å². The number of furan rings is 1. The number of Topliss-reactive ketones (excluding diaryl/α,β-unsaturated/α-hetero) is 1. The topological polar surface area (TPSA) is 33.5 Å². The molecular weight excluding hydrogens is 514 g/mol. The van der Waals surface area contributed by atoms with E-state index in [2.05, 4.69) is 125 Å². The van der Waals surface area contributed by atoms with E-state index in [0.717, 1.165) is 56.4 Å². The van der Waals surface area contributed by atoms with Gasteiger partial charge in [0.2, 0.25) is 0 Å². The standard InChI is InChI=1S/C39H35NO2/c1-24-11-15-26(16-12-24)40(27-17-13-25(2)14-18-27)28-19-20-31-33(21-28)39(5,6)35-23-29(42-37(31)35)22-34-36(41)30-9-7-8-10-32(30)38(34,3)4/h7-23H,1-6H3/b34-22+. The van der Waals surface area contributed by atoms with Crippen LogP contribution in [0.25, 0.3) is 17.4 Å². The molecule has 1 aromatic heterocycles. The summed E-state index contributed by atoms with van der Waals surface area (Å²) in [6, 6.07) is 34.1. The highest BCUT2D eigenvalue weighted by atomic mass is 16.3. The average molecular weight is 550 g/mol. The fraction of sp³-hybridized carbons (Fsp3) is 0.205. The van der Waals surface area contributed by atoms with Gasteiger partial charge in [-0.25, -0.2) is 0 Å². The first-order chi connectivity index (χ1) is 20.1. The number of aryl methyl sites for hydroxylation is 2. The number of allylic oxidation sites excluding steroid dienone is 1. The highest BCUT2D eigenvalue weighted by molar-refractivity contribution is 6.17. The third-order valence-electron chi connectivity index (χ3n) is 9.24. The Kier molecular flexibility index (Phi) is 5.75. The van der Waals surface area contributed by atoms with Crippen LogP contribution in [-0.2, 0) is 10.8 Å². The van der Waals surface area contributed by atoms with Crippen molar-refractivity contribution in [1.29, 1.82) is 0 Å². The predicted molar refractivity (Wildman–Crippen MR) is 172 cm³/mol.